The Balaban J connectivity index is 2.24. The van der Waals surface area contributed by atoms with Crippen LogP contribution in [0.15, 0.2) is 23.1 Å². The van der Waals surface area contributed by atoms with Crippen LogP contribution >= 0.6 is 0 Å². The van der Waals surface area contributed by atoms with Crippen LogP contribution in [0.2, 0.25) is 0 Å². The smallest absolute Gasteiger partial charge is 0.243 e. The van der Waals surface area contributed by atoms with Gasteiger partial charge in [-0.1, -0.05) is 19.9 Å². The van der Waals surface area contributed by atoms with Gasteiger partial charge in [0.1, 0.15) is 0 Å². The largest absolute Gasteiger partial charge is 0.313 e. The Hall–Kier alpha value is -0.910. The number of benzene rings is 1. The van der Waals surface area contributed by atoms with E-state index in [1.165, 1.54) is 0 Å². The second kappa shape index (κ2) is 6.90. The van der Waals surface area contributed by atoms with Crippen molar-refractivity contribution in [3.8, 4) is 0 Å². The van der Waals surface area contributed by atoms with Crippen LogP contribution in [0, 0.1) is 6.92 Å². The average molecular weight is 310 g/mol. The maximum atomic E-state index is 12.7. The first-order valence-corrected chi connectivity index (χ1v) is 9.26. The van der Waals surface area contributed by atoms with Gasteiger partial charge < -0.3 is 5.32 Å². The molecule has 0 atom stereocenters. The molecule has 0 saturated heterocycles. The molecule has 1 fully saturated rings. The van der Waals surface area contributed by atoms with E-state index in [1.807, 2.05) is 26.0 Å². The summed E-state index contributed by atoms with van der Waals surface area (Å²) < 4.78 is 27.1. The topological polar surface area (TPSA) is 49.4 Å². The molecule has 1 aliphatic carbocycles. The maximum absolute atomic E-state index is 12.7. The highest BCUT2D eigenvalue weighted by Gasteiger charge is 2.36. The second-order valence-corrected chi connectivity index (χ2v) is 7.60. The van der Waals surface area contributed by atoms with Gasteiger partial charge in [0.15, 0.2) is 0 Å². The Morgan fingerprint density at radius 1 is 1.29 bits per heavy atom. The summed E-state index contributed by atoms with van der Waals surface area (Å²) in [6.07, 6.45) is 3.05. The molecular weight excluding hydrogens is 284 g/mol. The van der Waals surface area contributed by atoms with E-state index in [0.29, 0.717) is 11.4 Å². The van der Waals surface area contributed by atoms with E-state index >= 15 is 0 Å². The zero-order valence-electron chi connectivity index (χ0n) is 13.2. The van der Waals surface area contributed by atoms with Crippen LogP contribution in [0.5, 0.6) is 0 Å². The molecule has 1 saturated carbocycles. The maximum Gasteiger partial charge on any atom is 0.243 e. The lowest BCUT2D eigenvalue weighted by Crippen LogP contribution is -2.33. The number of aryl methyl sites for hydroxylation is 1. The lowest BCUT2D eigenvalue weighted by atomic mass is 10.1. The van der Waals surface area contributed by atoms with E-state index in [0.717, 1.165) is 43.5 Å². The Kier molecular flexibility index (Phi) is 5.41. The molecule has 118 valence electrons. The lowest BCUT2D eigenvalue weighted by Gasteiger charge is -2.20. The van der Waals surface area contributed by atoms with Crippen molar-refractivity contribution >= 4 is 10.0 Å². The Morgan fingerprint density at radius 2 is 2.00 bits per heavy atom. The van der Waals surface area contributed by atoms with E-state index in [-0.39, 0.29) is 6.04 Å². The molecule has 0 aromatic heterocycles. The van der Waals surface area contributed by atoms with Crippen LogP contribution in [-0.4, -0.2) is 31.9 Å². The van der Waals surface area contributed by atoms with Crippen LogP contribution < -0.4 is 5.32 Å². The van der Waals surface area contributed by atoms with Crippen LogP contribution in [0.25, 0.3) is 0 Å². The normalized spacial score (nSPS) is 15.6. The monoisotopic (exact) mass is 310 g/mol. The van der Waals surface area contributed by atoms with E-state index in [9.17, 15) is 8.42 Å². The molecule has 5 heteroatoms. The fraction of sp³-hybridized carbons (Fsp3) is 0.625. The van der Waals surface area contributed by atoms with E-state index in [4.69, 9.17) is 0 Å². The van der Waals surface area contributed by atoms with Crippen molar-refractivity contribution in [3.63, 3.8) is 0 Å². The van der Waals surface area contributed by atoms with Gasteiger partial charge in [-0.05, 0) is 56.0 Å². The molecule has 0 bridgehead atoms. The molecule has 1 aromatic carbocycles. The third-order valence-electron chi connectivity index (χ3n) is 3.94. The Labute approximate surface area is 128 Å². The molecule has 0 radical (unpaired) electrons. The van der Waals surface area contributed by atoms with Crippen LogP contribution in [-0.2, 0) is 16.6 Å². The van der Waals surface area contributed by atoms with Crippen LogP contribution in [0.3, 0.4) is 0 Å². The van der Waals surface area contributed by atoms with Gasteiger partial charge in [-0.15, -0.1) is 0 Å². The fourth-order valence-corrected chi connectivity index (χ4v) is 4.27. The minimum Gasteiger partial charge on any atom is -0.313 e. The predicted octanol–water partition coefficient (Wildman–Crippen LogP) is 2.67. The van der Waals surface area contributed by atoms with Crippen molar-refractivity contribution in [2.24, 2.45) is 0 Å². The summed E-state index contributed by atoms with van der Waals surface area (Å²) in [6, 6.07) is 5.69. The quantitative estimate of drug-likeness (QED) is 0.751. The first kappa shape index (κ1) is 16.5. The molecule has 0 heterocycles. The highest BCUT2D eigenvalue weighted by atomic mass is 32.2. The second-order valence-electron chi connectivity index (χ2n) is 5.70. The highest BCUT2D eigenvalue weighted by molar-refractivity contribution is 7.89. The average Bonchev–Trinajstić information content (AvgIpc) is 3.26. The van der Waals surface area contributed by atoms with E-state index < -0.39 is 10.0 Å². The van der Waals surface area contributed by atoms with Crippen molar-refractivity contribution in [1.29, 1.82) is 0 Å². The summed E-state index contributed by atoms with van der Waals surface area (Å²) in [4.78, 5) is 0.426. The molecule has 0 unspecified atom stereocenters. The summed E-state index contributed by atoms with van der Waals surface area (Å²) in [5.41, 5.74) is 2.20. The highest BCUT2D eigenvalue weighted by Crippen LogP contribution is 2.32. The van der Waals surface area contributed by atoms with Gasteiger partial charge in [-0.3, -0.25) is 0 Å². The number of sulfonamides is 1. The zero-order valence-corrected chi connectivity index (χ0v) is 14.0. The third kappa shape index (κ3) is 3.84. The van der Waals surface area contributed by atoms with Crippen molar-refractivity contribution in [3.05, 3.63) is 29.3 Å². The first-order chi connectivity index (χ1) is 10.0. The summed E-state index contributed by atoms with van der Waals surface area (Å²) in [5.74, 6) is 0. The summed E-state index contributed by atoms with van der Waals surface area (Å²) >= 11 is 0. The molecular formula is C16H26N2O2S. The molecule has 0 amide bonds. The van der Waals surface area contributed by atoms with Gasteiger partial charge in [-0.2, -0.15) is 4.31 Å². The van der Waals surface area contributed by atoms with Crippen molar-refractivity contribution in [2.45, 2.75) is 57.5 Å². The van der Waals surface area contributed by atoms with E-state index in [2.05, 4.69) is 12.2 Å². The number of nitrogens with zero attached hydrogens (tertiary/aromatic N) is 1. The zero-order chi connectivity index (χ0) is 15.5. The van der Waals surface area contributed by atoms with Gasteiger partial charge in [0.05, 0.1) is 4.90 Å². The summed E-state index contributed by atoms with van der Waals surface area (Å²) in [6.45, 7) is 8.27. The number of hydrogen-bond donors (Lipinski definition) is 1. The van der Waals surface area contributed by atoms with Gasteiger partial charge >= 0.3 is 0 Å². The first-order valence-electron chi connectivity index (χ1n) is 7.82. The molecule has 2 rings (SSSR count). The standard InChI is InChI=1S/C16H26N2O2S/c1-4-10-17-12-14-11-16(9-6-13(14)3)21(19,20)18(5-2)15-7-8-15/h6,9,11,15,17H,4-5,7-8,10,12H2,1-3H3. The molecule has 1 aromatic rings. The predicted molar refractivity (Wildman–Crippen MR) is 85.8 cm³/mol. The molecule has 1 aliphatic rings. The molecule has 4 nitrogen and oxygen atoms in total. The fourth-order valence-electron chi connectivity index (χ4n) is 2.52. The lowest BCUT2D eigenvalue weighted by molar-refractivity contribution is 0.421. The Bertz CT molecular complexity index is 580. The van der Waals surface area contributed by atoms with Crippen molar-refractivity contribution in [1.82, 2.24) is 9.62 Å². The number of rotatable bonds is 8. The minimum atomic E-state index is -3.35. The van der Waals surface area contributed by atoms with Gasteiger partial charge in [0.25, 0.3) is 0 Å². The van der Waals surface area contributed by atoms with Crippen molar-refractivity contribution in [2.75, 3.05) is 13.1 Å². The van der Waals surface area contributed by atoms with Gasteiger partial charge in [0, 0.05) is 19.1 Å². The van der Waals surface area contributed by atoms with Crippen molar-refractivity contribution < 1.29 is 8.42 Å². The summed E-state index contributed by atoms with van der Waals surface area (Å²) in [5, 5.41) is 3.34. The van der Waals surface area contributed by atoms with Gasteiger partial charge in [0.2, 0.25) is 10.0 Å². The van der Waals surface area contributed by atoms with Crippen LogP contribution in [0.4, 0.5) is 0 Å². The SMILES string of the molecule is CCCNCc1cc(S(=O)(=O)N(CC)C2CC2)ccc1C. The van der Waals surface area contributed by atoms with E-state index in [1.54, 1.807) is 10.4 Å². The van der Waals surface area contributed by atoms with Gasteiger partial charge in [-0.25, -0.2) is 8.42 Å². The number of nitrogens with one attached hydrogen (secondary N) is 1. The van der Waals surface area contributed by atoms with Crippen LogP contribution in [0.1, 0.15) is 44.2 Å². The molecule has 21 heavy (non-hydrogen) atoms. The minimum absolute atomic E-state index is 0.211. The molecule has 0 spiro atoms. The molecule has 0 aliphatic heterocycles. The summed E-state index contributed by atoms with van der Waals surface area (Å²) in [7, 11) is -3.35. The number of hydrogen-bond acceptors (Lipinski definition) is 3. The molecule has 1 N–H and O–H groups in total. The Morgan fingerprint density at radius 3 is 2.57 bits per heavy atom. The third-order valence-corrected chi connectivity index (χ3v) is 5.96.